The first kappa shape index (κ1) is 15.8. The molecule has 0 aromatic carbocycles. The third-order valence-corrected chi connectivity index (χ3v) is 4.02. The Balaban J connectivity index is 4.18. The summed E-state index contributed by atoms with van der Waals surface area (Å²) in [7, 11) is -3.43. The molecular formula is C10H24N2O3S. The fourth-order valence-electron chi connectivity index (χ4n) is 1.48. The van der Waals surface area contributed by atoms with Crippen molar-refractivity contribution in [3.8, 4) is 0 Å². The van der Waals surface area contributed by atoms with Gasteiger partial charge in [0.05, 0.1) is 6.10 Å². The molecule has 1 unspecified atom stereocenters. The first-order valence-corrected chi connectivity index (χ1v) is 7.20. The van der Waals surface area contributed by atoms with Crippen LogP contribution in [0.1, 0.15) is 34.1 Å². The molecule has 5 nitrogen and oxygen atoms in total. The molecule has 0 radical (unpaired) electrons. The van der Waals surface area contributed by atoms with Crippen LogP contribution in [0.2, 0.25) is 0 Å². The zero-order valence-corrected chi connectivity index (χ0v) is 11.4. The highest BCUT2D eigenvalue weighted by Crippen LogP contribution is 2.04. The first-order chi connectivity index (χ1) is 7.33. The second kappa shape index (κ2) is 7.21. The molecule has 0 aliphatic carbocycles. The molecule has 0 bridgehead atoms. The van der Waals surface area contributed by atoms with E-state index in [1.54, 1.807) is 13.8 Å². The molecule has 1 atom stereocenters. The molecule has 98 valence electrons. The Morgan fingerprint density at radius 3 is 2.12 bits per heavy atom. The van der Waals surface area contributed by atoms with Crippen LogP contribution in [0, 0.1) is 5.92 Å². The van der Waals surface area contributed by atoms with Gasteiger partial charge in [-0.15, -0.1) is 0 Å². The molecule has 0 fully saturated rings. The molecule has 0 aliphatic heterocycles. The third kappa shape index (κ3) is 5.79. The minimum Gasteiger partial charge on any atom is -0.392 e. The number of hydrogen-bond acceptors (Lipinski definition) is 3. The van der Waals surface area contributed by atoms with Crippen molar-refractivity contribution in [2.45, 2.75) is 40.2 Å². The first-order valence-electron chi connectivity index (χ1n) is 5.76. The fourth-order valence-corrected chi connectivity index (χ4v) is 2.75. The quantitative estimate of drug-likeness (QED) is 0.663. The summed E-state index contributed by atoms with van der Waals surface area (Å²) in [6.45, 7) is 8.50. The van der Waals surface area contributed by atoms with Crippen molar-refractivity contribution in [2.24, 2.45) is 5.92 Å². The second-order valence-electron chi connectivity index (χ2n) is 4.22. The lowest BCUT2D eigenvalue weighted by Gasteiger charge is -2.20. The van der Waals surface area contributed by atoms with Gasteiger partial charge in [-0.05, 0) is 12.3 Å². The van der Waals surface area contributed by atoms with Crippen LogP contribution in [0.3, 0.4) is 0 Å². The van der Waals surface area contributed by atoms with E-state index in [-0.39, 0.29) is 6.54 Å². The predicted molar refractivity (Wildman–Crippen MR) is 65.3 cm³/mol. The summed E-state index contributed by atoms with van der Waals surface area (Å²) in [6.07, 6.45) is -0.0221. The maximum atomic E-state index is 11.7. The molecule has 0 aromatic heterocycles. The Labute approximate surface area is 99.0 Å². The molecule has 0 amide bonds. The number of nitrogens with zero attached hydrogens (tertiary/aromatic N) is 1. The maximum Gasteiger partial charge on any atom is 0.279 e. The van der Waals surface area contributed by atoms with Crippen LogP contribution in [-0.2, 0) is 10.2 Å². The lowest BCUT2D eigenvalue weighted by Crippen LogP contribution is -2.43. The van der Waals surface area contributed by atoms with E-state index in [1.807, 2.05) is 13.8 Å². The molecule has 0 saturated carbocycles. The van der Waals surface area contributed by atoms with Gasteiger partial charge in [0.1, 0.15) is 0 Å². The van der Waals surface area contributed by atoms with Crippen molar-refractivity contribution >= 4 is 10.2 Å². The minimum atomic E-state index is -3.43. The number of rotatable bonds is 8. The molecular weight excluding hydrogens is 228 g/mol. The Kier molecular flexibility index (Phi) is 7.14. The average Bonchev–Trinajstić information content (AvgIpc) is 2.15. The molecule has 6 heteroatoms. The van der Waals surface area contributed by atoms with Gasteiger partial charge in [-0.25, -0.2) is 0 Å². The maximum absolute atomic E-state index is 11.7. The standard InChI is InChI=1S/C10H24N2O3S/c1-5-12(6-2)16(14,15)11-8-10(13)7-9(3)4/h9-11,13H,5-8H2,1-4H3. The highest BCUT2D eigenvalue weighted by molar-refractivity contribution is 7.87. The number of hydrogen-bond donors (Lipinski definition) is 2. The summed E-state index contributed by atoms with van der Waals surface area (Å²) in [5.74, 6) is 0.355. The van der Waals surface area contributed by atoms with Gasteiger partial charge in [-0.3, -0.25) is 0 Å². The zero-order valence-electron chi connectivity index (χ0n) is 10.6. The Morgan fingerprint density at radius 2 is 1.75 bits per heavy atom. The van der Waals surface area contributed by atoms with Crippen LogP contribution in [0.25, 0.3) is 0 Å². The Hall–Kier alpha value is -0.170. The second-order valence-corrected chi connectivity index (χ2v) is 5.98. The summed E-state index contributed by atoms with van der Waals surface area (Å²) < 4.78 is 27.1. The van der Waals surface area contributed by atoms with Crippen molar-refractivity contribution < 1.29 is 13.5 Å². The van der Waals surface area contributed by atoms with Gasteiger partial charge in [0.2, 0.25) is 0 Å². The van der Waals surface area contributed by atoms with E-state index in [4.69, 9.17) is 0 Å². The Morgan fingerprint density at radius 1 is 1.25 bits per heavy atom. The lowest BCUT2D eigenvalue weighted by atomic mass is 10.1. The van der Waals surface area contributed by atoms with Gasteiger partial charge in [-0.2, -0.15) is 17.4 Å². The van der Waals surface area contributed by atoms with Crippen LogP contribution in [0.4, 0.5) is 0 Å². The van der Waals surface area contributed by atoms with Crippen LogP contribution in [-0.4, -0.2) is 43.6 Å². The normalized spacial score (nSPS) is 14.7. The zero-order chi connectivity index (χ0) is 12.8. The smallest absolute Gasteiger partial charge is 0.279 e. The van der Waals surface area contributed by atoms with Crippen LogP contribution >= 0.6 is 0 Å². The van der Waals surface area contributed by atoms with Crippen LogP contribution in [0.15, 0.2) is 0 Å². The van der Waals surface area contributed by atoms with Crippen molar-refractivity contribution in [3.05, 3.63) is 0 Å². The summed E-state index contributed by atoms with van der Waals surface area (Å²) in [5.41, 5.74) is 0. The third-order valence-electron chi connectivity index (χ3n) is 2.29. The van der Waals surface area contributed by atoms with Crippen molar-refractivity contribution in [3.63, 3.8) is 0 Å². The van der Waals surface area contributed by atoms with Crippen LogP contribution < -0.4 is 4.72 Å². The van der Waals surface area contributed by atoms with E-state index in [9.17, 15) is 13.5 Å². The van der Waals surface area contributed by atoms with Gasteiger partial charge in [0.15, 0.2) is 0 Å². The number of aliphatic hydroxyl groups excluding tert-OH is 1. The van der Waals surface area contributed by atoms with E-state index in [0.29, 0.717) is 25.4 Å². The molecule has 2 N–H and O–H groups in total. The highest BCUT2D eigenvalue weighted by Gasteiger charge is 2.19. The van der Waals surface area contributed by atoms with E-state index in [2.05, 4.69) is 4.72 Å². The van der Waals surface area contributed by atoms with E-state index < -0.39 is 16.3 Å². The molecule has 0 aromatic rings. The molecule has 0 aliphatic rings. The molecule has 0 rings (SSSR count). The van der Waals surface area contributed by atoms with Gasteiger partial charge in [-0.1, -0.05) is 27.7 Å². The van der Waals surface area contributed by atoms with Gasteiger partial charge in [0.25, 0.3) is 10.2 Å². The minimum absolute atomic E-state index is 0.0804. The van der Waals surface area contributed by atoms with Gasteiger partial charge in [0, 0.05) is 19.6 Å². The van der Waals surface area contributed by atoms with Crippen molar-refractivity contribution in [2.75, 3.05) is 19.6 Å². The average molecular weight is 252 g/mol. The predicted octanol–water partition coefficient (Wildman–Crippen LogP) is 0.570. The van der Waals surface area contributed by atoms with Crippen molar-refractivity contribution in [1.29, 1.82) is 0 Å². The molecule has 0 heterocycles. The number of aliphatic hydroxyl groups is 1. The number of nitrogens with one attached hydrogen (secondary N) is 1. The highest BCUT2D eigenvalue weighted by atomic mass is 32.2. The summed E-state index contributed by atoms with van der Waals surface area (Å²) in [5, 5.41) is 9.56. The molecule has 16 heavy (non-hydrogen) atoms. The SMILES string of the molecule is CCN(CC)S(=O)(=O)NCC(O)CC(C)C. The molecule has 0 spiro atoms. The van der Waals surface area contributed by atoms with Crippen molar-refractivity contribution in [1.82, 2.24) is 9.03 Å². The van der Waals surface area contributed by atoms with E-state index in [0.717, 1.165) is 0 Å². The summed E-state index contributed by atoms with van der Waals surface area (Å²) in [4.78, 5) is 0. The van der Waals surface area contributed by atoms with Gasteiger partial charge >= 0.3 is 0 Å². The monoisotopic (exact) mass is 252 g/mol. The summed E-state index contributed by atoms with van der Waals surface area (Å²) in [6, 6.07) is 0. The Bertz CT molecular complexity index is 274. The summed E-state index contributed by atoms with van der Waals surface area (Å²) >= 11 is 0. The van der Waals surface area contributed by atoms with Crippen LogP contribution in [0.5, 0.6) is 0 Å². The van der Waals surface area contributed by atoms with E-state index in [1.165, 1.54) is 4.31 Å². The lowest BCUT2D eigenvalue weighted by molar-refractivity contribution is 0.152. The van der Waals surface area contributed by atoms with E-state index >= 15 is 0 Å². The topological polar surface area (TPSA) is 69.6 Å². The van der Waals surface area contributed by atoms with Gasteiger partial charge < -0.3 is 5.11 Å². The fraction of sp³-hybridized carbons (Fsp3) is 1.00. The largest absolute Gasteiger partial charge is 0.392 e. The molecule has 0 saturated heterocycles.